The Morgan fingerprint density at radius 3 is 2.38 bits per heavy atom. The summed E-state index contributed by atoms with van der Waals surface area (Å²) in [5.74, 6) is -0.199. The Morgan fingerprint density at radius 1 is 1.14 bits per heavy atom. The lowest BCUT2D eigenvalue weighted by atomic mass is 10.0. The molecule has 0 atom stereocenters. The molecule has 0 bridgehead atoms. The van der Waals surface area contributed by atoms with Crippen LogP contribution in [0.25, 0.3) is 0 Å². The molecule has 0 radical (unpaired) electrons. The Hall–Kier alpha value is -1.43. The summed E-state index contributed by atoms with van der Waals surface area (Å²) in [6, 6.07) is 8.05. The first-order chi connectivity index (χ1) is 10.2. The fraction of sp³-hybridized carbons (Fsp3) is 0.562. The van der Waals surface area contributed by atoms with E-state index in [4.69, 9.17) is 9.84 Å². The number of ether oxygens (including phenoxy) is 1. The molecule has 5 nitrogen and oxygen atoms in total. The van der Waals surface area contributed by atoms with Crippen LogP contribution in [0.1, 0.15) is 11.1 Å². The molecule has 1 aliphatic rings. The molecule has 1 aromatic carbocycles. The smallest absolute Gasteiger partial charge is 0.309 e. The molecule has 0 amide bonds. The molecule has 21 heavy (non-hydrogen) atoms. The first-order valence-electron chi connectivity index (χ1n) is 7.42. The number of esters is 1. The van der Waals surface area contributed by atoms with Crippen LogP contribution in [0.15, 0.2) is 24.3 Å². The van der Waals surface area contributed by atoms with Gasteiger partial charge in [0.1, 0.15) is 0 Å². The van der Waals surface area contributed by atoms with Crippen molar-refractivity contribution in [3.05, 3.63) is 35.4 Å². The molecule has 1 aromatic rings. The topological polar surface area (TPSA) is 53.0 Å². The standard InChI is InChI=1S/C16H24N2O3/c1-21-16(20)12-14-4-2-3-5-15(14)13-18-8-6-17(7-9-18)10-11-19/h2-5,19H,6-13H2,1H3. The fourth-order valence-corrected chi connectivity index (χ4v) is 2.67. The minimum Gasteiger partial charge on any atom is -0.469 e. The van der Waals surface area contributed by atoms with Crippen molar-refractivity contribution in [1.82, 2.24) is 9.80 Å². The van der Waals surface area contributed by atoms with E-state index < -0.39 is 0 Å². The Morgan fingerprint density at radius 2 is 1.76 bits per heavy atom. The second kappa shape index (κ2) is 8.12. The molecular weight excluding hydrogens is 268 g/mol. The number of rotatable bonds is 6. The Balaban J connectivity index is 1.92. The number of carbonyl (C=O) groups is 1. The highest BCUT2D eigenvalue weighted by molar-refractivity contribution is 5.72. The van der Waals surface area contributed by atoms with Crippen molar-refractivity contribution in [3.8, 4) is 0 Å². The van der Waals surface area contributed by atoms with Gasteiger partial charge in [-0.3, -0.25) is 14.6 Å². The zero-order chi connectivity index (χ0) is 15.1. The third-order valence-corrected chi connectivity index (χ3v) is 3.96. The number of nitrogens with zero attached hydrogens (tertiary/aromatic N) is 2. The van der Waals surface area contributed by atoms with Crippen LogP contribution in [0.4, 0.5) is 0 Å². The molecule has 0 spiro atoms. The summed E-state index contributed by atoms with van der Waals surface area (Å²) < 4.78 is 4.76. The monoisotopic (exact) mass is 292 g/mol. The average Bonchev–Trinajstić information content (AvgIpc) is 2.51. The van der Waals surface area contributed by atoms with Gasteiger partial charge in [-0.15, -0.1) is 0 Å². The highest BCUT2D eigenvalue weighted by Crippen LogP contribution is 2.14. The quantitative estimate of drug-likeness (QED) is 0.774. The largest absolute Gasteiger partial charge is 0.469 e. The number of aliphatic hydroxyl groups excluding tert-OH is 1. The molecule has 1 fully saturated rings. The Labute approximate surface area is 126 Å². The molecule has 0 aromatic heterocycles. The number of carbonyl (C=O) groups excluding carboxylic acids is 1. The van der Waals surface area contributed by atoms with Gasteiger partial charge in [-0.1, -0.05) is 24.3 Å². The van der Waals surface area contributed by atoms with Crippen molar-refractivity contribution in [3.63, 3.8) is 0 Å². The van der Waals surface area contributed by atoms with Crippen LogP contribution in [0.3, 0.4) is 0 Å². The van der Waals surface area contributed by atoms with Crippen LogP contribution < -0.4 is 0 Å². The number of aliphatic hydroxyl groups is 1. The van der Waals surface area contributed by atoms with Crippen molar-refractivity contribution in [1.29, 1.82) is 0 Å². The maximum atomic E-state index is 11.5. The summed E-state index contributed by atoms with van der Waals surface area (Å²) in [7, 11) is 1.42. The van der Waals surface area contributed by atoms with E-state index in [0.717, 1.165) is 44.8 Å². The zero-order valence-corrected chi connectivity index (χ0v) is 12.6. The maximum Gasteiger partial charge on any atom is 0.309 e. The highest BCUT2D eigenvalue weighted by atomic mass is 16.5. The summed E-state index contributed by atoms with van der Waals surface area (Å²) in [6.45, 7) is 5.80. The predicted octanol–water partition coefficient (Wildman–Crippen LogP) is 0.512. The number of benzene rings is 1. The van der Waals surface area contributed by atoms with Crippen molar-refractivity contribution in [2.45, 2.75) is 13.0 Å². The zero-order valence-electron chi connectivity index (χ0n) is 12.6. The van der Waals surface area contributed by atoms with E-state index in [1.807, 2.05) is 18.2 Å². The highest BCUT2D eigenvalue weighted by Gasteiger charge is 2.17. The van der Waals surface area contributed by atoms with E-state index in [9.17, 15) is 4.79 Å². The van der Waals surface area contributed by atoms with Gasteiger partial charge in [-0.25, -0.2) is 0 Å². The van der Waals surface area contributed by atoms with Gasteiger partial charge >= 0.3 is 5.97 Å². The molecule has 0 aliphatic carbocycles. The molecule has 116 valence electrons. The van der Waals surface area contributed by atoms with Gasteiger partial charge in [0.25, 0.3) is 0 Å². The predicted molar refractivity (Wildman–Crippen MR) is 81.0 cm³/mol. The lowest BCUT2D eigenvalue weighted by Gasteiger charge is -2.34. The number of methoxy groups -OCH3 is 1. The van der Waals surface area contributed by atoms with Crippen LogP contribution >= 0.6 is 0 Å². The molecule has 0 unspecified atom stereocenters. The Kier molecular flexibility index (Phi) is 6.17. The first kappa shape index (κ1) is 15.9. The van der Waals surface area contributed by atoms with Crippen molar-refractivity contribution in [2.24, 2.45) is 0 Å². The van der Waals surface area contributed by atoms with Gasteiger partial charge in [0.05, 0.1) is 20.1 Å². The normalized spacial score (nSPS) is 16.9. The molecular formula is C16H24N2O3. The Bertz CT molecular complexity index is 457. The van der Waals surface area contributed by atoms with E-state index >= 15 is 0 Å². The average molecular weight is 292 g/mol. The maximum absolute atomic E-state index is 11.5. The van der Waals surface area contributed by atoms with Gasteiger partial charge in [0, 0.05) is 39.3 Å². The van der Waals surface area contributed by atoms with E-state index in [1.54, 1.807) is 0 Å². The molecule has 1 N–H and O–H groups in total. The fourth-order valence-electron chi connectivity index (χ4n) is 2.67. The summed E-state index contributed by atoms with van der Waals surface area (Å²) in [6.07, 6.45) is 0.331. The third kappa shape index (κ3) is 4.81. The SMILES string of the molecule is COC(=O)Cc1ccccc1CN1CCN(CCO)CC1. The van der Waals surface area contributed by atoms with Gasteiger partial charge in [0.15, 0.2) is 0 Å². The van der Waals surface area contributed by atoms with Gasteiger partial charge < -0.3 is 9.84 Å². The van der Waals surface area contributed by atoms with E-state index in [1.165, 1.54) is 12.7 Å². The summed E-state index contributed by atoms with van der Waals surface area (Å²) in [4.78, 5) is 16.1. The van der Waals surface area contributed by atoms with E-state index in [2.05, 4.69) is 15.9 Å². The van der Waals surface area contributed by atoms with Crippen LogP contribution in [0, 0.1) is 0 Å². The third-order valence-electron chi connectivity index (χ3n) is 3.96. The van der Waals surface area contributed by atoms with E-state index in [-0.39, 0.29) is 12.6 Å². The number of hydrogen-bond acceptors (Lipinski definition) is 5. The summed E-state index contributed by atoms with van der Waals surface area (Å²) in [5, 5.41) is 8.96. The van der Waals surface area contributed by atoms with Crippen LogP contribution in [0.2, 0.25) is 0 Å². The lowest BCUT2D eigenvalue weighted by molar-refractivity contribution is -0.139. The lowest BCUT2D eigenvalue weighted by Crippen LogP contribution is -2.46. The second-order valence-corrected chi connectivity index (χ2v) is 5.36. The van der Waals surface area contributed by atoms with Crippen molar-refractivity contribution >= 4 is 5.97 Å². The number of β-amino-alcohol motifs (C(OH)–C–C–N with tert-alkyl or cyclic N) is 1. The molecule has 0 saturated carbocycles. The molecule has 2 rings (SSSR count). The minimum atomic E-state index is -0.199. The van der Waals surface area contributed by atoms with Crippen molar-refractivity contribution < 1.29 is 14.6 Å². The van der Waals surface area contributed by atoms with E-state index in [0.29, 0.717) is 6.42 Å². The number of piperazine rings is 1. The first-order valence-corrected chi connectivity index (χ1v) is 7.42. The van der Waals surface area contributed by atoms with Gasteiger partial charge in [-0.2, -0.15) is 0 Å². The summed E-state index contributed by atoms with van der Waals surface area (Å²) >= 11 is 0. The van der Waals surface area contributed by atoms with Gasteiger partial charge in [-0.05, 0) is 11.1 Å². The molecule has 1 aliphatic heterocycles. The molecule has 5 heteroatoms. The molecule has 1 saturated heterocycles. The van der Waals surface area contributed by atoms with Gasteiger partial charge in [0.2, 0.25) is 0 Å². The van der Waals surface area contributed by atoms with Crippen molar-refractivity contribution in [2.75, 3.05) is 46.4 Å². The van der Waals surface area contributed by atoms with Crippen LogP contribution in [-0.4, -0.2) is 67.3 Å². The molecule has 1 heterocycles. The minimum absolute atomic E-state index is 0.199. The number of hydrogen-bond donors (Lipinski definition) is 1. The van der Waals surface area contributed by atoms with Crippen LogP contribution in [0.5, 0.6) is 0 Å². The van der Waals surface area contributed by atoms with Crippen LogP contribution in [-0.2, 0) is 22.5 Å². The summed E-state index contributed by atoms with van der Waals surface area (Å²) in [5.41, 5.74) is 2.24. The second-order valence-electron chi connectivity index (χ2n) is 5.36.